The molecule has 6 heteroatoms. The van der Waals surface area contributed by atoms with E-state index in [1.54, 1.807) is 14.2 Å². The molecule has 162 valence electrons. The SMILES string of the molecule is COc1ccc(CN(CCN2CCCCC2)Cc2ccc(OC)cc2)cc1.Cl.Cl. The third kappa shape index (κ3) is 8.43. The van der Waals surface area contributed by atoms with E-state index < -0.39 is 0 Å². The van der Waals surface area contributed by atoms with Gasteiger partial charge in [-0.1, -0.05) is 30.7 Å². The summed E-state index contributed by atoms with van der Waals surface area (Å²) in [6.45, 7) is 6.62. The molecule has 2 aromatic carbocycles. The smallest absolute Gasteiger partial charge is 0.118 e. The molecule has 0 amide bonds. The van der Waals surface area contributed by atoms with Gasteiger partial charge in [-0.3, -0.25) is 4.90 Å². The zero-order chi connectivity index (χ0) is 18.9. The molecule has 0 bridgehead atoms. The average Bonchev–Trinajstić information content (AvgIpc) is 2.74. The van der Waals surface area contributed by atoms with Crippen molar-refractivity contribution in [2.24, 2.45) is 0 Å². The molecule has 1 fully saturated rings. The molecule has 1 aliphatic heterocycles. The molecule has 0 aliphatic carbocycles. The van der Waals surface area contributed by atoms with E-state index in [-0.39, 0.29) is 24.8 Å². The Morgan fingerprint density at radius 1 is 0.724 bits per heavy atom. The summed E-state index contributed by atoms with van der Waals surface area (Å²) in [5, 5.41) is 0. The summed E-state index contributed by atoms with van der Waals surface area (Å²) in [6, 6.07) is 16.9. The van der Waals surface area contributed by atoms with Crippen LogP contribution in [0.1, 0.15) is 30.4 Å². The normalized spacial score (nSPS) is 14.0. The Hall–Kier alpha value is -1.46. The monoisotopic (exact) mass is 440 g/mol. The number of ether oxygens (including phenoxy) is 2. The fourth-order valence-electron chi connectivity index (χ4n) is 3.66. The molecule has 0 N–H and O–H groups in total. The van der Waals surface area contributed by atoms with Gasteiger partial charge in [-0.15, -0.1) is 24.8 Å². The zero-order valence-electron chi connectivity index (χ0n) is 17.5. The Morgan fingerprint density at radius 2 is 1.17 bits per heavy atom. The first-order valence-corrected chi connectivity index (χ1v) is 9.97. The number of piperidine rings is 1. The van der Waals surface area contributed by atoms with Crippen LogP contribution in [0.2, 0.25) is 0 Å². The van der Waals surface area contributed by atoms with Crippen molar-refractivity contribution in [3.8, 4) is 11.5 Å². The maximum atomic E-state index is 5.29. The van der Waals surface area contributed by atoms with Gasteiger partial charge in [0.25, 0.3) is 0 Å². The lowest BCUT2D eigenvalue weighted by Gasteiger charge is -2.30. The van der Waals surface area contributed by atoms with E-state index in [1.165, 1.54) is 43.5 Å². The van der Waals surface area contributed by atoms with Gasteiger partial charge in [0, 0.05) is 26.2 Å². The molecule has 0 spiro atoms. The summed E-state index contributed by atoms with van der Waals surface area (Å²) in [5.41, 5.74) is 2.64. The molecule has 1 aliphatic rings. The Balaban J connectivity index is 0.00000210. The highest BCUT2D eigenvalue weighted by atomic mass is 35.5. The number of hydrogen-bond acceptors (Lipinski definition) is 4. The zero-order valence-corrected chi connectivity index (χ0v) is 19.1. The van der Waals surface area contributed by atoms with Gasteiger partial charge < -0.3 is 14.4 Å². The largest absolute Gasteiger partial charge is 0.497 e. The van der Waals surface area contributed by atoms with Gasteiger partial charge in [0.1, 0.15) is 11.5 Å². The number of methoxy groups -OCH3 is 2. The number of halogens is 2. The first-order valence-electron chi connectivity index (χ1n) is 9.97. The number of benzene rings is 2. The molecule has 0 unspecified atom stereocenters. The van der Waals surface area contributed by atoms with Crippen LogP contribution in [-0.2, 0) is 13.1 Å². The second-order valence-corrected chi connectivity index (χ2v) is 7.31. The number of likely N-dealkylation sites (tertiary alicyclic amines) is 1. The first kappa shape index (κ1) is 25.6. The van der Waals surface area contributed by atoms with Gasteiger partial charge in [0.05, 0.1) is 14.2 Å². The fourth-order valence-corrected chi connectivity index (χ4v) is 3.66. The van der Waals surface area contributed by atoms with Gasteiger partial charge in [-0.05, 0) is 61.3 Å². The van der Waals surface area contributed by atoms with Crippen molar-refractivity contribution in [2.45, 2.75) is 32.4 Å². The maximum Gasteiger partial charge on any atom is 0.118 e. The van der Waals surface area contributed by atoms with Crippen LogP contribution in [0.25, 0.3) is 0 Å². The van der Waals surface area contributed by atoms with E-state index in [0.29, 0.717) is 0 Å². The van der Waals surface area contributed by atoms with Crippen LogP contribution in [0.3, 0.4) is 0 Å². The Kier molecular flexibility index (Phi) is 12.1. The summed E-state index contributed by atoms with van der Waals surface area (Å²) in [7, 11) is 3.42. The standard InChI is InChI=1S/C23H32N2O2.2ClH/c1-26-22-10-6-20(7-11-22)18-25(17-16-24-14-4-3-5-15-24)19-21-8-12-23(27-2)13-9-21;;/h6-13H,3-5,14-19H2,1-2H3;2*1H. The van der Waals surface area contributed by atoms with Gasteiger partial charge in [-0.25, -0.2) is 0 Å². The second-order valence-electron chi connectivity index (χ2n) is 7.31. The third-order valence-electron chi connectivity index (χ3n) is 5.31. The van der Waals surface area contributed by atoms with Crippen LogP contribution in [-0.4, -0.2) is 50.2 Å². The average molecular weight is 441 g/mol. The minimum absolute atomic E-state index is 0. The third-order valence-corrected chi connectivity index (χ3v) is 5.31. The van der Waals surface area contributed by atoms with Crippen molar-refractivity contribution in [3.63, 3.8) is 0 Å². The number of rotatable bonds is 9. The summed E-state index contributed by atoms with van der Waals surface area (Å²) < 4.78 is 10.6. The van der Waals surface area contributed by atoms with E-state index in [9.17, 15) is 0 Å². The number of hydrogen-bond donors (Lipinski definition) is 0. The highest BCUT2D eigenvalue weighted by Gasteiger charge is 2.13. The highest BCUT2D eigenvalue weighted by Crippen LogP contribution is 2.17. The van der Waals surface area contributed by atoms with Crippen LogP contribution in [0.5, 0.6) is 11.5 Å². The highest BCUT2D eigenvalue weighted by molar-refractivity contribution is 5.85. The summed E-state index contributed by atoms with van der Waals surface area (Å²) in [4.78, 5) is 5.15. The molecular formula is C23H34Cl2N2O2. The van der Waals surface area contributed by atoms with Gasteiger partial charge in [-0.2, -0.15) is 0 Å². The van der Waals surface area contributed by atoms with Crippen molar-refractivity contribution < 1.29 is 9.47 Å². The molecule has 4 nitrogen and oxygen atoms in total. The van der Waals surface area contributed by atoms with Crippen molar-refractivity contribution in [1.82, 2.24) is 9.80 Å². The van der Waals surface area contributed by atoms with Crippen molar-refractivity contribution >= 4 is 24.8 Å². The molecule has 0 aromatic heterocycles. The summed E-state index contributed by atoms with van der Waals surface area (Å²) in [5.74, 6) is 1.82. The van der Waals surface area contributed by atoms with Crippen LogP contribution >= 0.6 is 24.8 Å². The van der Waals surface area contributed by atoms with E-state index >= 15 is 0 Å². The van der Waals surface area contributed by atoms with Crippen molar-refractivity contribution in [3.05, 3.63) is 59.7 Å². The van der Waals surface area contributed by atoms with Crippen LogP contribution in [0, 0.1) is 0 Å². The Morgan fingerprint density at radius 3 is 1.59 bits per heavy atom. The van der Waals surface area contributed by atoms with Crippen molar-refractivity contribution in [1.29, 1.82) is 0 Å². The molecular weight excluding hydrogens is 407 g/mol. The molecule has 29 heavy (non-hydrogen) atoms. The quantitative estimate of drug-likeness (QED) is 0.545. The van der Waals surface area contributed by atoms with Gasteiger partial charge in [0.15, 0.2) is 0 Å². The molecule has 0 atom stereocenters. The van der Waals surface area contributed by atoms with E-state index in [1.807, 2.05) is 24.3 Å². The van der Waals surface area contributed by atoms with Crippen LogP contribution in [0.15, 0.2) is 48.5 Å². The van der Waals surface area contributed by atoms with E-state index in [0.717, 1.165) is 37.7 Å². The van der Waals surface area contributed by atoms with Crippen molar-refractivity contribution in [2.75, 3.05) is 40.4 Å². The number of nitrogens with zero attached hydrogens (tertiary/aromatic N) is 2. The predicted octanol–water partition coefficient (Wildman–Crippen LogP) is 5.04. The summed E-state index contributed by atoms with van der Waals surface area (Å²) >= 11 is 0. The lowest BCUT2D eigenvalue weighted by Crippen LogP contribution is -2.37. The van der Waals surface area contributed by atoms with E-state index in [2.05, 4.69) is 34.1 Å². The second kappa shape index (κ2) is 13.7. The lowest BCUT2D eigenvalue weighted by molar-refractivity contribution is 0.173. The molecule has 3 rings (SSSR count). The minimum Gasteiger partial charge on any atom is -0.497 e. The van der Waals surface area contributed by atoms with Crippen LogP contribution in [0.4, 0.5) is 0 Å². The molecule has 2 aromatic rings. The Bertz CT molecular complexity index is 625. The minimum atomic E-state index is 0. The molecule has 0 saturated carbocycles. The topological polar surface area (TPSA) is 24.9 Å². The van der Waals surface area contributed by atoms with Gasteiger partial charge >= 0.3 is 0 Å². The first-order chi connectivity index (χ1) is 13.3. The maximum absolute atomic E-state index is 5.29. The Labute approximate surface area is 188 Å². The predicted molar refractivity (Wildman–Crippen MR) is 125 cm³/mol. The molecule has 1 saturated heterocycles. The van der Waals surface area contributed by atoms with Gasteiger partial charge in [0.2, 0.25) is 0 Å². The van der Waals surface area contributed by atoms with Crippen LogP contribution < -0.4 is 9.47 Å². The molecule has 0 radical (unpaired) electrons. The summed E-state index contributed by atoms with van der Waals surface area (Å²) in [6.07, 6.45) is 4.08. The van der Waals surface area contributed by atoms with E-state index in [4.69, 9.17) is 9.47 Å². The fraction of sp³-hybridized carbons (Fsp3) is 0.478. The molecule has 1 heterocycles. The lowest BCUT2D eigenvalue weighted by atomic mass is 10.1.